The van der Waals surface area contributed by atoms with Crippen molar-refractivity contribution in [2.75, 3.05) is 23.9 Å². The molecule has 1 N–H and O–H groups in total. The second kappa shape index (κ2) is 7.08. The fourth-order valence-corrected chi connectivity index (χ4v) is 2.85. The highest BCUT2D eigenvalue weighted by Crippen LogP contribution is 2.22. The lowest BCUT2D eigenvalue weighted by Crippen LogP contribution is -2.27. The standard InChI is InChI=1S/C15H19N3O2S/c1-4-18(11(2)19)15-17-13(10-21-15)9-16-12-6-5-7-14(8-12)20-3/h5-8,10,16H,4,9H2,1-3H3. The number of amides is 1. The maximum atomic E-state index is 11.5. The molecule has 21 heavy (non-hydrogen) atoms. The average Bonchev–Trinajstić information content (AvgIpc) is 2.94. The zero-order valence-corrected chi connectivity index (χ0v) is 13.2. The number of ether oxygens (including phenoxy) is 1. The number of anilines is 2. The van der Waals surface area contributed by atoms with E-state index in [-0.39, 0.29) is 5.91 Å². The van der Waals surface area contributed by atoms with Gasteiger partial charge in [-0.25, -0.2) is 4.98 Å². The summed E-state index contributed by atoms with van der Waals surface area (Å²) in [6, 6.07) is 7.74. The summed E-state index contributed by atoms with van der Waals surface area (Å²) in [4.78, 5) is 17.7. The molecule has 0 aliphatic heterocycles. The van der Waals surface area contributed by atoms with Gasteiger partial charge in [0, 0.05) is 30.6 Å². The summed E-state index contributed by atoms with van der Waals surface area (Å²) < 4.78 is 5.19. The van der Waals surface area contributed by atoms with Crippen LogP contribution in [0.25, 0.3) is 0 Å². The predicted octanol–water partition coefficient (Wildman–Crippen LogP) is 3.14. The van der Waals surface area contributed by atoms with E-state index in [9.17, 15) is 4.79 Å². The molecule has 2 rings (SSSR count). The number of thiazole rings is 1. The summed E-state index contributed by atoms with van der Waals surface area (Å²) in [5.74, 6) is 0.826. The van der Waals surface area contributed by atoms with E-state index in [0.717, 1.165) is 22.3 Å². The molecule has 0 radical (unpaired) electrons. The first kappa shape index (κ1) is 15.3. The molecule has 1 amide bonds. The Hall–Kier alpha value is -2.08. The van der Waals surface area contributed by atoms with Crippen molar-refractivity contribution in [1.82, 2.24) is 4.98 Å². The number of carbonyl (C=O) groups is 1. The summed E-state index contributed by atoms with van der Waals surface area (Å²) >= 11 is 1.48. The largest absolute Gasteiger partial charge is 0.497 e. The van der Waals surface area contributed by atoms with E-state index in [1.165, 1.54) is 11.3 Å². The van der Waals surface area contributed by atoms with Gasteiger partial charge in [0.05, 0.1) is 19.3 Å². The van der Waals surface area contributed by atoms with E-state index in [1.54, 1.807) is 18.9 Å². The highest BCUT2D eigenvalue weighted by Gasteiger charge is 2.13. The molecule has 5 nitrogen and oxygen atoms in total. The summed E-state index contributed by atoms with van der Waals surface area (Å²) in [7, 11) is 1.65. The van der Waals surface area contributed by atoms with Crippen molar-refractivity contribution < 1.29 is 9.53 Å². The Bertz CT molecular complexity index is 612. The number of hydrogen-bond acceptors (Lipinski definition) is 5. The summed E-state index contributed by atoms with van der Waals surface area (Å²) in [5, 5.41) is 6.01. The van der Waals surface area contributed by atoms with Crippen LogP contribution in [-0.4, -0.2) is 24.5 Å². The lowest BCUT2D eigenvalue weighted by atomic mass is 10.3. The quantitative estimate of drug-likeness (QED) is 0.891. The van der Waals surface area contributed by atoms with E-state index in [2.05, 4.69) is 10.3 Å². The van der Waals surface area contributed by atoms with Crippen LogP contribution in [0.3, 0.4) is 0 Å². The van der Waals surface area contributed by atoms with Gasteiger partial charge >= 0.3 is 0 Å². The molecule has 112 valence electrons. The first-order chi connectivity index (χ1) is 10.1. The van der Waals surface area contributed by atoms with Gasteiger partial charge in [-0.2, -0.15) is 0 Å². The maximum Gasteiger partial charge on any atom is 0.225 e. The number of carbonyl (C=O) groups excluding carboxylic acids is 1. The Balaban J connectivity index is 2.00. The number of hydrogen-bond donors (Lipinski definition) is 1. The minimum atomic E-state index is 0.0131. The number of benzene rings is 1. The van der Waals surface area contributed by atoms with Gasteiger partial charge in [-0.15, -0.1) is 11.3 Å². The molecule has 0 aliphatic rings. The van der Waals surface area contributed by atoms with Crippen molar-refractivity contribution in [1.29, 1.82) is 0 Å². The van der Waals surface area contributed by atoms with Gasteiger partial charge in [0.2, 0.25) is 5.91 Å². The number of nitrogens with zero attached hydrogens (tertiary/aromatic N) is 2. The molecule has 0 saturated carbocycles. The van der Waals surface area contributed by atoms with E-state index in [1.807, 2.05) is 36.6 Å². The highest BCUT2D eigenvalue weighted by atomic mass is 32.1. The van der Waals surface area contributed by atoms with Crippen LogP contribution in [0, 0.1) is 0 Å². The van der Waals surface area contributed by atoms with E-state index in [0.29, 0.717) is 13.1 Å². The lowest BCUT2D eigenvalue weighted by Gasteiger charge is -2.14. The molecule has 0 bridgehead atoms. The molecular weight excluding hydrogens is 286 g/mol. The van der Waals surface area contributed by atoms with Crippen LogP contribution in [-0.2, 0) is 11.3 Å². The fourth-order valence-electron chi connectivity index (χ4n) is 1.92. The third kappa shape index (κ3) is 3.95. The first-order valence-electron chi connectivity index (χ1n) is 6.74. The Morgan fingerprint density at radius 1 is 1.48 bits per heavy atom. The first-order valence-corrected chi connectivity index (χ1v) is 7.62. The third-order valence-electron chi connectivity index (χ3n) is 3.01. The Labute approximate surface area is 128 Å². The van der Waals surface area contributed by atoms with Crippen LogP contribution in [0.15, 0.2) is 29.6 Å². The molecule has 0 spiro atoms. The van der Waals surface area contributed by atoms with Crippen LogP contribution in [0.4, 0.5) is 10.8 Å². The smallest absolute Gasteiger partial charge is 0.225 e. The van der Waals surface area contributed by atoms with Gasteiger partial charge in [-0.05, 0) is 19.1 Å². The molecule has 0 fully saturated rings. The minimum absolute atomic E-state index is 0.0131. The van der Waals surface area contributed by atoms with Crippen molar-refractivity contribution in [2.45, 2.75) is 20.4 Å². The number of methoxy groups -OCH3 is 1. The number of rotatable bonds is 6. The van der Waals surface area contributed by atoms with Crippen LogP contribution in [0.2, 0.25) is 0 Å². The maximum absolute atomic E-state index is 11.5. The zero-order chi connectivity index (χ0) is 15.2. The second-order valence-electron chi connectivity index (χ2n) is 4.47. The van der Waals surface area contributed by atoms with Crippen molar-refractivity contribution in [3.05, 3.63) is 35.3 Å². The summed E-state index contributed by atoms with van der Waals surface area (Å²) in [5.41, 5.74) is 1.89. The van der Waals surface area contributed by atoms with Gasteiger partial charge in [0.1, 0.15) is 5.75 Å². The zero-order valence-electron chi connectivity index (χ0n) is 12.4. The molecular formula is C15H19N3O2S. The molecule has 0 unspecified atom stereocenters. The minimum Gasteiger partial charge on any atom is -0.497 e. The number of aromatic nitrogens is 1. The molecule has 0 atom stereocenters. The molecule has 1 heterocycles. The average molecular weight is 305 g/mol. The molecule has 1 aromatic carbocycles. The van der Waals surface area contributed by atoms with Gasteiger partial charge in [0.25, 0.3) is 0 Å². The van der Waals surface area contributed by atoms with Crippen molar-refractivity contribution in [3.8, 4) is 5.75 Å². The summed E-state index contributed by atoms with van der Waals surface area (Å²) in [6.07, 6.45) is 0. The normalized spacial score (nSPS) is 10.2. The molecule has 1 aromatic heterocycles. The van der Waals surface area contributed by atoms with Gasteiger partial charge in [-0.3, -0.25) is 9.69 Å². The van der Waals surface area contributed by atoms with Crippen LogP contribution >= 0.6 is 11.3 Å². The molecule has 2 aromatic rings. The highest BCUT2D eigenvalue weighted by molar-refractivity contribution is 7.14. The van der Waals surface area contributed by atoms with E-state index < -0.39 is 0 Å². The van der Waals surface area contributed by atoms with Gasteiger partial charge < -0.3 is 10.1 Å². The predicted molar refractivity (Wildman–Crippen MR) is 86.1 cm³/mol. The Kier molecular flexibility index (Phi) is 5.16. The molecule has 6 heteroatoms. The van der Waals surface area contributed by atoms with E-state index in [4.69, 9.17) is 4.74 Å². The molecule has 0 aliphatic carbocycles. The van der Waals surface area contributed by atoms with Crippen molar-refractivity contribution in [2.24, 2.45) is 0 Å². The Morgan fingerprint density at radius 2 is 2.29 bits per heavy atom. The fraction of sp³-hybridized carbons (Fsp3) is 0.333. The Morgan fingerprint density at radius 3 is 2.95 bits per heavy atom. The van der Waals surface area contributed by atoms with Crippen molar-refractivity contribution in [3.63, 3.8) is 0 Å². The van der Waals surface area contributed by atoms with Crippen LogP contribution in [0.5, 0.6) is 5.75 Å². The second-order valence-corrected chi connectivity index (χ2v) is 5.31. The van der Waals surface area contributed by atoms with Crippen LogP contribution in [0.1, 0.15) is 19.5 Å². The third-order valence-corrected chi connectivity index (χ3v) is 3.92. The van der Waals surface area contributed by atoms with Gasteiger partial charge in [0.15, 0.2) is 5.13 Å². The molecule has 0 saturated heterocycles. The lowest BCUT2D eigenvalue weighted by molar-refractivity contribution is -0.116. The monoisotopic (exact) mass is 305 g/mol. The number of nitrogens with one attached hydrogen (secondary N) is 1. The topological polar surface area (TPSA) is 54.5 Å². The van der Waals surface area contributed by atoms with Crippen molar-refractivity contribution >= 4 is 28.1 Å². The van der Waals surface area contributed by atoms with Gasteiger partial charge in [-0.1, -0.05) is 6.07 Å². The van der Waals surface area contributed by atoms with E-state index >= 15 is 0 Å². The summed E-state index contributed by atoms with van der Waals surface area (Å²) in [6.45, 7) is 4.74. The van der Waals surface area contributed by atoms with Crippen LogP contribution < -0.4 is 15.0 Å². The SMILES string of the molecule is CCN(C(C)=O)c1nc(CNc2cccc(OC)c2)cs1.